The first-order chi connectivity index (χ1) is 14.5. The number of hydrogen-bond donors (Lipinski definition) is 3. The third-order valence-electron chi connectivity index (χ3n) is 4.93. The van der Waals surface area contributed by atoms with E-state index in [4.69, 9.17) is 15.2 Å². The Balaban J connectivity index is 1.84. The third kappa shape index (κ3) is 4.03. The molecule has 31 heavy (non-hydrogen) atoms. The molecule has 1 aliphatic heterocycles. The van der Waals surface area contributed by atoms with Crippen molar-refractivity contribution in [3.05, 3.63) is 24.2 Å². The summed E-state index contributed by atoms with van der Waals surface area (Å²) in [5.41, 5.74) is 2.84. The van der Waals surface area contributed by atoms with Gasteiger partial charge in [-0.15, -0.1) is 0 Å². The molecule has 0 spiro atoms. The second-order valence-electron chi connectivity index (χ2n) is 7.50. The number of aromatic nitrogens is 3. The minimum absolute atomic E-state index is 0.183. The van der Waals surface area contributed by atoms with Gasteiger partial charge in [-0.3, -0.25) is 4.99 Å². The van der Waals surface area contributed by atoms with Crippen LogP contribution < -0.4 is 5.73 Å². The van der Waals surface area contributed by atoms with Gasteiger partial charge < -0.3 is 30.2 Å². The predicted molar refractivity (Wildman–Crippen MR) is 103 cm³/mol. The van der Waals surface area contributed by atoms with Gasteiger partial charge in [0.1, 0.15) is 36.8 Å². The first kappa shape index (κ1) is 22.8. The molecule has 0 bridgehead atoms. The van der Waals surface area contributed by atoms with Crippen LogP contribution in [-0.4, -0.2) is 81.2 Å². The highest BCUT2D eigenvalue weighted by atomic mass is 19.3. The number of rotatable bonds is 6. The van der Waals surface area contributed by atoms with Crippen LogP contribution >= 0.6 is 0 Å². The van der Waals surface area contributed by atoms with E-state index in [-0.39, 0.29) is 11.5 Å². The van der Waals surface area contributed by atoms with Crippen LogP contribution in [0.1, 0.15) is 19.5 Å². The second kappa shape index (κ2) is 8.32. The van der Waals surface area contributed by atoms with Gasteiger partial charge in [0.15, 0.2) is 17.0 Å². The Morgan fingerprint density at radius 3 is 2.84 bits per heavy atom. The van der Waals surface area contributed by atoms with E-state index in [0.29, 0.717) is 5.52 Å². The van der Waals surface area contributed by atoms with Crippen LogP contribution in [0, 0.1) is 0 Å². The number of carbonyl (C=O) groups excluding carboxylic acids is 1. The number of halogens is 2. The van der Waals surface area contributed by atoms with Crippen molar-refractivity contribution < 1.29 is 38.0 Å². The van der Waals surface area contributed by atoms with Gasteiger partial charge in [-0.25, -0.2) is 23.1 Å². The maximum atomic E-state index is 12.9. The van der Waals surface area contributed by atoms with Gasteiger partial charge in [-0.2, -0.15) is 5.10 Å². The van der Waals surface area contributed by atoms with Crippen molar-refractivity contribution in [1.29, 1.82) is 0 Å². The van der Waals surface area contributed by atoms with Crippen molar-refractivity contribution in [2.24, 2.45) is 4.99 Å². The number of anilines is 1. The highest BCUT2D eigenvalue weighted by Crippen LogP contribution is 2.39. The molecule has 2 aromatic rings. The van der Waals surface area contributed by atoms with Crippen molar-refractivity contribution >= 4 is 23.7 Å². The summed E-state index contributed by atoms with van der Waals surface area (Å²) in [6.07, 6.45) is -6.08. The van der Waals surface area contributed by atoms with Crippen LogP contribution in [0.2, 0.25) is 0 Å². The average molecular weight is 443 g/mol. The molecule has 1 saturated heterocycles. The summed E-state index contributed by atoms with van der Waals surface area (Å²) in [4.78, 5) is 19.6. The molecule has 0 amide bonds. The maximum Gasteiger partial charge on any atom is 0.509 e. The number of nitrogens with two attached hydrogens (primary N) is 1. The van der Waals surface area contributed by atoms with Gasteiger partial charge in [-0.1, -0.05) is 0 Å². The summed E-state index contributed by atoms with van der Waals surface area (Å²) in [6.45, 7) is 1.48. The number of nitrogen functional groups attached to an aromatic ring is 1. The zero-order valence-electron chi connectivity index (χ0n) is 17.0. The lowest BCUT2D eigenvalue weighted by atomic mass is 9.92. The normalized spacial score (nSPS) is 26.8. The van der Waals surface area contributed by atoms with E-state index in [1.54, 1.807) is 12.1 Å². The van der Waals surface area contributed by atoms with Crippen LogP contribution in [0.4, 0.5) is 19.4 Å². The van der Waals surface area contributed by atoms with Gasteiger partial charge in [0.2, 0.25) is 0 Å². The van der Waals surface area contributed by atoms with E-state index < -0.39 is 48.7 Å². The third-order valence-corrected chi connectivity index (χ3v) is 4.93. The predicted octanol–water partition coefficient (Wildman–Crippen LogP) is 0.525. The highest BCUT2D eigenvalue weighted by Gasteiger charge is 2.56. The van der Waals surface area contributed by atoms with Crippen molar-refractivity contribution in [1.82, 2.24) is 14.6 Å². The quantitative estimate of drug-likeness (QED) is 0.428. The van der Waals surface area contributed by atoms with Crippen LogP contribution in [0.5, 0.6) is 0 Å². The lowest BCUT2D eigenvalue weighted by Gasteiger charge is -2.27. The van der Waals surface area contributed by atoms with Gasteiger partial charge in [0, 0.05) is 13.3 Å². The summed E-state index contributed by atoms with van der Waals surface area (Å²) in [7, 11) is 1.44. The summed E-state index contributed by atoms with van der Waals surface area (Å²) in [5.74, 6) is 0.183. The fourth-order valence-electron chi connectivity index (χ4n) is 3.24. The first-order valence-corrected chi connectivity index (χ1v) is 9.23. The molecule has 3 heterocycles. The molecule has 1 aliphatic rings. The van der Waals surface area contributed by atoms with Crippen molar-refractivity contribution in [3.8, 4) is 0 Å². The first-order valence-electron chi connectivity index (χ1n) is 9.23. The molecule has 0 saturated carbocycles. The minimum Gasteiger partial charge on any atom is -0.431 e. The molecule has 0 aliphatic carbocycles. The monoisotopic (exact) mass is 443 g/mol. The number of carbonyl (C=O) groups is 1. The van der Waals surface area contributed by atoms with E-state index >= 15 is 0 Å². The van der Waals surface area contributed by atoms with Gasteiger partial charge in [0.05, 0.1) is 5.69 Å². The minimum atomic E-state index is -2.93. The molecular weight excluding hydrogens is 420 g/mol. The molecule has 13 heteroatoms. The summed E-state index contributed by atoms with van der Waals surface area (Å²) < 4.78 is 42.4. The smallest absolute Gasteiger partial charge is 0.431 e. The fourth-order valence-corrected chi connectivity index (χ4v) is 3.24. The number of aliphatic imine (C=N–C) groups is 1. The number of hydrogen-bond acceptors (Lipinski definition) is 10. The summed E-state index contributed by atoms with van der Waals surface area (Å²) >= 11 is 0. The zero-order valence-corrected chi connectivity index (χ0v) is 17.0. The largest absolute Gasteiger partial charge is 0.509 e. The van der Waals surface area contributed by atoms with Gasteiger partial charge in [-0.05, 0) is 26.0 Å². The average Bonchev–Trinajstić information content (AvgIpc) is 3.23. The number of aliphatic hydroxyl groups is 2. The maximum absolute atomic E-state index is 12.9. The van der Waals surface area contributed by atoms with Crippen molar-refractivity contribution in [2.45, 2.75) is 49.8 Å². The molecule has 1 fully saturated rings. The SMILES string of the molecule is CN=C[C@@]1(c2ccc3c(N)ncnn23)O[C@H](COC(=O)OC(C)(C)C(F)F)[C@@H](O)[C@H]1O. The van der Waals surface area contributed by atoms with Crippen LogP contribution in [-0.2, 0) is 19.8 Å². The van der Waals surface area contributed by atoms with Crippen molar-refractivity contribution in [2.75, 3.05) is 19.4 Å². The van der Waals surface area contributed by atoms with E-state index in [1.165, 1.54) is 24.1 Å². The number of fused-ring (bicyclic) bond motifs is 1. The lowest BCUT2D eigenvalue weighted by Crippen LogP contribution is -2.43. The number of alkyl halides is 2. The van der Waals surface area contributed by atoms with Crippen molar-refractivity contribution in [3.63, 3.8) is 0 Å². The lowest BCUT2D eigenvalue weighted by molar-refractivity contribution is -0.111. The molecule has 2 aromatic heterocycles. The molecule has 3 rings (SSSR count). The van der Waals surface area contributed by atoms with E-state index in [9.17, 15) is 23.8 Å². The second-order valence-corrected chi connectivity index (χ2v) is 7.50. The van der Waals surface area contributed by atoms with Gasteiger partial charge >= 0.3 is 6.16 Å². The highest BCUT2D eigenvalue weighted by molar-refractivity contribution is 5.75. The Kier molecular flexibility index (Phi) is 6.11. The molecular formula is C18H23F2N5O6. The molecule has 0 aromatic carbocycles. The van der Waals surface area contributed by atoms with Gasteiger partial charge in [0.25, 0.3) is 6.43 Å². The summed E-state index contributed by atoms with van der Waals surface area (Å²) in [6, 6.07) is 3.17. The summed E-state index contributed by atoms with van der Waals surface area (Å²) in [5, 5.41) is 25.4. The molecule has 4 atom stereocenters. The number of ether oxygens (including phenoxy) is 3. The zero-order chi connectivity index (χ0) is 23.0. The fraction of sp³-hybridized carbons (Fsp3) is 0.556. The van der Waals surface area contributed by atoms with E-state index in [1.807, 2.05) is 0 Å². The standard InChI is InChI=1S/C18H23F2N5O6/c1-17(2,15(19)20)31-16(28)29-6-10-12(26)13(27)18(30-10,7-22-3)11-5-4-9-14(21)23-8-24-25(9)11/h4-5,7-8,10,12-13,15,26-27H,6H2,1-3H3,(H2,21,23,24)/t10-,12-,13-,18+/m1/s1. The van der Waals surface area contributed by atoms with E-state index in [0.717, 1.165) is 13.8 Å². The van der Waals surface area contributed by atoms with Crippen LogP contribution in [0.25, 0.3) is 5.52 Å². The Labute approximate surface area is 175 Å². The van der Waals surface area contributed by atoms with Crippen LogP contribution in [0.15, 0.2) is 23.5 Å². The van der Waals surface area contributed by atoms with Crippen LogP contribution in [0.3, 0.4) is 0 Å². The van der Waals surface area contributed by atoms with E-state index in [2.05, 4.69) is 19.8 Å². The molecule has 11 nitrogen and oxygen atoms in total. The number of aliphatic hydroxyl groups excluding tert-OH is 2. The molecule has 4 N–H and O–H groups in total. The molecule has 0 unspecified atom stereocenters. The molecule has 170 valence electrons. The topological polar surface area (TPSA) is 154 Å². The number of nitrogens with zero attached hydrogens (tertiary/aromatic N) is 4. The Bertz CT molecular complexity index is 984. The molecule has 0 radical (unpaired) electrons. The Hall–Kier alpha value is -2.90. The Morgan fingerprint density at radius 2 is 2.19 bits per heavy atom. The Morgan fingerprint density at radius 1 is 1.48 bits per heavy atom.